The summed E-state index contributed by atoms with van der Waals surface area (Å²) < 4.78 is 5.74. The molecule has 4 heteroatoms. The van der Waals surface area contributed by atoms with Gasteiger partial charge in [-0.25, -0.2) is 4.98 Å². The summed E-state index contributed by atoms with van der Waals surface area (Å²) in [7, 11) is 0. The molecule has 4 nitrogen and oxygen atoms in total. The second-order valence-electron chi connectivity index (χ2n) is 4.36. The molecule has 1 aromatic heterocycles. The lowest BCUT2D eigenvalue weighted by atomic mass is 9.98. The molecule has 1 aliphatic rings. The van der Waals surface area contributed by atoms with Crippen LogP contribution in [0.4, 0.5) is 5.82 Å². The molecule has 1 N–H and O–H groups in total. The van der Waals surface area contributed by atoms with E-state index in [0.717, 1.165) is 24.2 Å². The molecular formula is C13H17N3O. The van der Waals surface area contributed by atoms with Crippen molar-refractivity contribution < 1.29 is 4.74 Å². The van der Waals surface area contributed by atoms with Crippen LogP contribution in [0.1, 0.15) is 43.7 Å². The highest BCUT2D eigenvalue weighted by Gasteiger charge is 2.24. The van der Waals surface area contributed by atoms with Crippen molar-refractivity contribution in [3.05, 3.63) is 22.9 Å². The third-order valence-electron chi connectivity index (χ3n) is 2.95. The molecule has 0 aromatic carbocycles. The van der Waals surface area contributed by atoms with Gasteiger partial charge >= 0.3 is 0 Å². The van der Waals surface area contributed by atoms with E-state index in [1.165, 1.54) is 0 Å². The van der Waals surface area contributed by atoms with Crippen LogP contribution < -0.4 is 5.32 Å². The number of fused-ring (bicyclic) bond motifs is 1. The number of rotatable bonds is 2. The molecule has 17 heavy (non-hydrogen) atoms. The standard InChI is InChI=1S/C13H17N3O/c1-4-15-13-10(7-14)6-11-9(3)17-8(2)5-12(11)16-13/h6,8-9H,4-5H2,1-3H3,(H,15,16). The minimum Gasteiger partial charge on any atom is -0.370 e. The number of hydrogen-bond donors (Lipinski definition) is 1. The first kappa shape index (κ1) is 11.9. The summed E-state index contributed by atoms with van der Waals surface area (Å²) in [6, 6.07) is 4.08. The zero-order valence-corrected chi connectivity index (χ0v) is 10.4. The van der Waals surface area contributed by atoms with Gasteiger partial charge in [-0.2, -0.15) is 5.26 Å². The Hall–Kier alpha value is -1.60. The van der Waals surface area contributed by atoms with E-state index in [-0.39, 0.29) is 12.2 Å². The summed E-state index contributed by atoms with van der Waals surface area (Å²) in [5.41, 5.74) is 2.68. The predicted molar refractivity (Wildman–Crippen MR) is 65.8 cm³/mol. The highest BCUT2D eigenvalue weighted by atomic mass is 16.5. The van der Waals surface area contributed by atoms with Crippen molar-refractivity contribution in [2.75, 3.05) is 11.9 Å². The minimum absolute atomic E-state index is 0.0176. The molecular weight excluding hydrogens is 214 g/mol. The van der Waals surface area contributed by atoms with Gasteiger partial charge in [-0.05, 0) is 26.8 Å². The highest BCUT2D eigenvalue weighted by molar-refractivity contribution is 5.55. The Morgan fingerprint density at radius 3 is 3.00 bits per heavy atom. The van der Waals surface area contributed by atoms with Gasteiger partial charge in [0, 0.05) is 18.5 Å². The number of hydrogen-bond acceptors (Lipinski definition) is 4. The maximum absolute atomic E-state index is 9.11. The minimum atomic E-state index is 0.0176. The molecule has 2 atom stereocenters. The maximum Gasteiger partial charge on any atom is 0.144 e. The fourth-order valence-corrected chi connectivity index (χ4v) is 2.21. The van der Waals surface area contributed by atoms with Crippen molar-refractivity contribution in [2.45, 2.75) is 39.4 Å². The van der Waals surface area contributed by atoms with Crippen LogP contribution in [-0.2, 0) is 11.2 Å². The van der Waals surface area contributed by atoms with Crippen LogP contribution in [0.25, 0.3) is 0 Å². The Morgan fingerprint density at radius 2 is 2.35 bits per heavy atom. The first-order valence-electron chi connectivity index (χ1n) is 5.99. The third kappa shape index (κ3) is 2.25. The lowest BCUT2D eigenvalue weighted by Gasteiger charge is -2.28. The Kier molecular flexibility index (Phi) is 3.30. The van der Waals surface area contributed by atoms with Crippen molar-refractivity contribution in [3.8, 4) is 6.07 Å². The first-order valence-corrected chi connectivity index (χ1v) is 5.99. The molecule has 0 aliphatic carbocycles. The van der Waals surface area contributed by atoms with E-state index in [1.807, 2.05) is 26.8 Å². The molecule has 0 radical (unpaired) electrons. The topological polar surface area (TPSA) is 57.9 Å². The van der Waals surface area contributed by atoms with Crippen molar-refractivity contribution in [2.24, 2.45) is 0 Å². The number of aromatic nitrogens is 1. The Bertz CT molecular complexity index is 464. The average molecular weight is 231 g/mol. The Labute approximate surface area is 102 Å². The van der Waals surface area contributed by atoms with E-state index >= 15 is 0 Å². The molecule has 0 amide bonds. The molecule has 0 fully saturated rings. The van der Waals surface area contributed by atoms with Crippen LogP contribution in [0.3, 0.4) is 0 Å². The normalized spacial score (nSPS) is 22.7. The summed E-state index contributed by atoms with van der Waals surface area (Å²) in [6.07, 6.45) is 1.01. The van der Waals surface area contributed by atoms with Crippen LogP contribution in [0.5, 0.6) is 0 Å². The van der Waals surface area contributed by atoms with Crippen molar-refractivity contribution in [1.29, 1.82) is 5.26 Å². The van der Waals surface area contributed by atoms with E-state index in [1.54, 1.807) is 0 Å². The monoisotopic (exact) mass is 231 g/mol. The molecule has 2 unspecified atom stereocenters. The van der Waals surface area contributed by atoms with Crippen LogP contribution >= 0.6 is 0 Å². The maximum atomic E-state index is 9.11. The Morgan fingerprint density at radius 1 is 1.59 bits per heavy atom. The predicted octanol–water partition coefficient (Wildman–Crippen LogP) is 2.41. The zero-order valence-electron chi connectivity index (χ0n) is 10.4. The van der Waals surface area contributed by atoms with E-state index in [0.29, 0.717) is 11.4 Å². The molecule has 1 aromatic rings. The second kappa shape index (κ2) is 4.72. The molecule has 0 saturated carbocycles. The summed E-state index contributed by atoms with van der Waals surface area (Å²) in [4.78, 5) is 4.56. The molecule has 0 bridgehead atoms. The largest absolute Gasteiger partial charge is 0.370 e. The summed E-state index contributed by atoms with van der Waals surface area (Å²) in [6.45, 7) is 6.81. The van der Waals surface area contributed by atoms with Gasteiger partial charge in [0.25, 0.3) is 0 Å². The fraction of sp³-hybridized carbons (Fsp3) is 0.538. The quantitative estimate of drug-likeness (QED) is 0.849. The van der Waals surface area contributed by atoms with Crippen LogP contribution in [0, 0.1) is 11.3 Å². The number of nitriles is 1. The number of ether oxygens (including phenoxy) is 1. The molecule has 90 valence electrons. The number of nitrogens with one attached hydrogen (secondary N) is 1. The van der Waals surface area contributed by atoms with Crippen molar-refractivity contribution in [3.63, 3.8) is 0 Å². The SMILES string of the molecule is CCNc1nc2c(cc1C#N)C(C)OC(C)C2. The average Bonchev–Trinajstić information content (AvgIpc) is 2.28. The van der Waals surface area contributed by atoms with E-state index < -0.39 is 0 Å². The smallest absolute Gasteiger partial charge is 0.144 e. The van der Waals surface area contributed by atoms with Crippen molar-refractivity contribution in [1.82, 2.24) is 4.98 Å². The molecule has 0 saturated heterocycles. The Balaban J connectivity index is 2.47. The fourth-order valence-electron chi connectivity index (χ4n) is 2.21. The van der Waals surface area contributed by atoms with Gasteiger partial charge in [-0.1, -0.05) is 0 Å². The zero-order chi connectivity index (χ0) is 12.4. The van der Waals surface area contributed by atoms with Gasteiger partial charge in [-0.15, -0.1) is 0 Å². The van der Waals surface area contributed by atoms with Gasteiger partial charge in [0.1, 0.15) is 11.9 Å². The van der Waals surface area contributed by atoms with Gasteiger partial charge < -0.3 is 10.1 Å². The number of nitrogens with zero attached hydrogens (tertiary/aromatic N) is 2. The lowest BCUT2D eigenvalue weighted by molar-refractivity contribution is -0.00589. The third-order valence-corrected chi connectivity index (χ3v) is 2.95. The van der Waals surface area contributed by atoms with Crippen LogP contribution in [0.2, 0.25) is 0 Å². The molecule has 1 aliphatic heterocycles. The number of anilines is 1. The second-order valence-corrected chi connectivity index (χ2v) is 4.36. The molecule has 0 spiro atoms. The molecule has 2 rings (SSSR count). The highest BCUT2D eigenvalue weighted by Crippen LogP contribution is 2.31. The lowest BCUT2D eigenvalue weighted by Crippen LogP contribution is -2.24. The van der Waals surface area contributed by atoms with E-state index in [4.69, 9.17) is 10.00 Å². The molecule has 2 heterocycles. The van der Waals surface area contributed by atoms with Gasteiger partial charge in [-0.3, -0.25) is 0 Å². The summed E-state index contributed by atoms with van der Waals surface area (Å²) >= 11 is 0. The summed E-state index contributed by atoms with van der Waals surface area (Å²) in [5, 5.41) is 12.2. The van der Waals surface area contributed by atoms with Gasteiger partial charge in [0.2, 0.25) is 0 Å². The van der Waals surface area contributed by atoms with Crippen LogP contribution in [0.15, 0.2) is 6.07 Å². The number of pyridine rings is 1. The van der Waals surface area contributed by atoms with Crippen molar-refractivity contribution >= 4 is 5.82 Å². The first-order chi connectivity index (χ1) is 8.15. The van der Waals surface area contributed by atoms with Crippen LogP contribution in [-0.4, -0.2) is 17.6 Å². The van der Waals surface area contributed by atoms with E-state index in [2.05, 4.69) is 16.4 Å². The summed E-state index contributed by atoms with van der Waals surface area (Å²) in [5.74, 6) is 0.690. The van der Waals surface area contributed by atoms with Gasteiger partial charge in [0.15, 0.2) is 0 Å². The van der Waals surface area contributed by atoms with E-state index in [9.17, 15) is 0 Å². The van der Waals surface area contributed by atoms with Gasteiger partial charge in [0.05, 0.1) is 23.5 Å².